The lowest BCUT2D eigenvalue weighted by molar-refractivity contribution is -0.115. The average molecular weight is 239 g/mol. The SMILES string of the molecule is CC(C)C1CC(C=O)C1.CNCc1ncon1. The van der Waals surface area contributed by atoms with Gasteiger partial charge in [-0.3, -0.25) is 0 Å². The Hall–Kier alpha value is -1.23. The van der Waals surface area contributed by atoms with E-state index in [1.54, 1.807) is 0 Å². The van der Waals surface area contributed by atoms with E-state index in [0.717, 1.165) is 31.0 Å². The highest BCUT2D eigenvalue weighted by molar-refractivity contribution is 5.54. The Kier molecular flexibility index (Phi) is 5.83. The van der Waals surface area contributed by atoms with Gasteiger partial charge in [-0.25, -0.2) is 0 Å². The second-order valence-corrected chi connectivity index (χ2v) is 4.75. The summed E-state index contributed by atoms with van der Waals surface area (Å²) in [6.07, 6.45) is 4.69. The molecule has 0 aromatic carbocycles. The van der Waals surface area contributed by atoms with E-state index >= 15 is 0 Å². The molecule has 5 nitrogen and oxygen atoms in total. The lowest BCUT2D eigenvalue weighted by Crippen LogP contribution is -2.28. The normalized spacial score (nSPS) is 22.6. The van der Waals surface area contributed by atoms with Gasteiger partial charge in [0.25, 0.3) is 0 Å². The van der Waals surface area contributed by atoms with Gasteiger partial charge in [0.05, 0.1) is 6.54 Å². The van der Waals surface area contributed by atoms with Crippen LogP contribution in [0.4, 0.5) is 0 Å². The molecule has 96 valence electrons. The van der Waals surface area contributed by atoms with E-state index in [4.69, 9.17) is 0 Å². The van der Waals surface area contributed by atoms with Crippen LogP contribution in [0.3, 0.4) is 0 Å². The topological polar surface area (TPSA) is 68.0 Å². The monoisotopic (exact) mass is 239 g/mol. The summed E-state index contributed by atoms with van der Waals surface area (Å²) >= 11 is 0. The molecule has 1 aromatic heterocycles. The van der Waals surface area contributed by atoms with Crippen molar-refractivity contribution in [1.82, 2.24) is 15.5 Å². The van der Waals surface area contributed by atoms with Crippen LogP contribution in [0.25, 0.3) is 0 Å². The largest absolute Gasteiger partial charge is 0.343 e. The number of nitrogens with zero attached hydrogens (tertiary/aromatic N) is 2. The zero-order valence-corrected chi connectivity index (χ0v) is 10.7. The highest BCUT2D eigenvalue weighted by atomic mass is 16.5. The predicted octanol–water partition coefficient (Wildman–Crippen LogP) is 1.66. The fourth-order valence-electron chi connectivity index (χ4n) is 1.79. The van der Waals surface area contributed by atoms with Crippen LogP contribution >= 0.6 is 0 Å². The van der Waals surface area contributed by atoms with Crippen molar-refractivity contribution in [2.75, 3.05) is 7.05 Å². The quantitative estimate of drug-likeness (QED) is 0.809. The van der Waals surface area contributed by atoms with Crippen LogP contribution in [-0.2, 0) is 11.3 Å². The molecule has 0 unspecified atom stereocenters. The highest BCUT2D eigenvalue weighted by Crippen LogP contribution is 2.37. The van der Waals surface area contributed by atoms with Gasteiger partial charge in [-0.1, -0.05) is 19.0 Å². The number of carbonyl (C=O) groups excluding carboxylic acids is 1. The summed E-state index contributed by atoms with van der Waals surface area (Å²) in [5.41, 5.74) is 0. The molecule has 0 spiro atoms. The highest BCUT2D eigenvalue weighted by Gasteiger charge is 2.30. The van der Waals surface area contributed by atoms with Gasteiger partial charge in [0.1, 0.15) is 6.29 Å². The van der Waals surface area contributed by atoms with Gasteiger partial charge >= 0.3 is 0 Å². The molecule has 0 saturated heterocycles. The predicted molar refractivity (Wildman–Crippen MR) is 64.2 cm³/mol. The summed E-state index contributed by atoms with van der Waals surface area (Å²) < 4.78 is 4.47. The first kappa shape index (κ1) is 13.8. The zero-order valence-electron chi connectivity index (χ0n) is 10.7. The summed E-state index contributed by atoms with van der Waals surface area (Å²) in [6, 6.07) is 0. The van der Waals surface area contributed by atoms with Crippen LogP contribution in [0, 0.1) is 17.8 Å². The van der Waals surface area contributed by atoms with Gasteiger partial charge in [0.15, 0.2) is 5.82 Å². The van der Waals surface area contributed by atoms with Crippen LogP contribution in [0.15, 0.2) is 10.9 Å². The second-order valence-electron chi connectivity index (χ2n) is 4.75. The maximum absolute atomic E-state index is 10.2. The summed E-state index contributed by atoms with van der Waals surface area (Å²) in [5, 5.41) is 6.44. The van der Waals surface area contributed by atoms with Gasteiger partial charge in [-0.15, -0.1) is 0 Å². The van der Waals surface area contributed by atoms with Crippen molar-refractivity contribution in [3.05, 3.63) is 12.2 Å². The van der Waals surface area contributed by atoms with E-state index in [1.807, 2.05) is 7.05 Å². The minimum Gasteiger partial charge on any atom is -0.343 e. The number of carbonyl (C=O) groups is 1. The van der Waals surface area contributed by atoms with Crippen LogP contribution in [-0.4, -0.2) is 23.5 Å². The van der Waals surface area contributed by atoms with Crippen molar-refractivity contribution in [3.8, 4) is 0 Å². The molecule has 2 rings (SSSR count). The van der Waals surface area contributed by atoms with E-state index < -0.39 is 0 Å². The molecule has 1 heterocycles. The number of aldehydes is 1. The van der Waals surface area contributed by atoms with E-state index in [9.17, 15) is 4.79 Å². The molecule has 1 aliphatic rings. The van der Waals surface area contributed by atoms with Crippen LogP contribution in [0.5, 0.6) is 0 Å². The maximum atomic E-state index is 10.2. The molecule has 1 saturated carbocycles. The molecule has 0 bridgehead atoms. The molecule has 5 heteroatoms. The fourth-order valence-corrected chi connectivity index (χ4v) is 1.79. The smallest absolute Gasteiger partial charge is 0.213 e. The molecular weight excluding hydrogens is 218 g/mol. The fraction of sp³-hybridized carbons (Fsp3) is 0.750. The van der Waals surface area contributed by atoms with Gasteiger partial charge in [0.2, 0.25) is 6.39 Å². The van der Waals surface area contributed by atoms with Crippen molar-refractivity contribution in [2.45, 2.75) is 33.2 Å². The molecule has 17 heavy (non-hydrogen) atoms. The Labute approximate surface area is 102 Å². The molecule has 0 amide bonds. The Morgan fingerprint density at radius 2 is 2.29 bits per heavy atom. The van der Waals surface area contributed by atoms with Crippen molar-refractivity contribution in [3.63, 3.8) is 0 Å². The number of nitrogens with one attached hydrogen (secondary N) is 1. The number of aromatic nitrogens is 2. The Morgan fingerprint density at radius 1 is 1.59 bits per heavy atom. The van der Waals surface area contributed by atoms with E-state index in [2.05, 4.69) is 33.8 Å². The molecule has 0 aliphatic heterocycles. The van der Waals surface area contributed by atoms with Crippen molar-refractivity contribution in [2.24, 2.45) is 17.8 Å². The average Bonchev–Trinajstić information content (AvgIpc) is 2.70. The first-order valence-electron chi connectivity index (χ1n) is 6.02. The van der Waals surface area contributed by atoms with Gasteiger partial charge in [0, 0.05) is 5.92 Å². The first-order chi connectivity index (χ1) is 8.17. The molecule has 1 N–H and O–H groups in total. The van der Waals surface area contributed by atoms with E-state index in [1.165, 1.54) is 6.39 Å². The van der Waals surface area contributed by atoms with Crippen LogP contribution < -0.4 is 5.32 Å². The van der Waals surface area contributed by atoms with Crippen LogP contribution in [0.2, 0.25) is 0 Å². The summed E-state index contributed by atoms with van der Waals surface area (Å²) in [7, 11) is 1.83. The third kappa shape index (κ3) is 4.65. The lowest BCUT2D eigenvalue weighted by atomic mass is 9.70. The zero-order chi connectivity index (χ0) is 12.7. The third-order valence-corrected chi connectivity index (χ3v) is 3.09. The Bertz CT molecular complexity index is 306. The van der Waals surface area contributed by atoms with Crippen molar-refractivity contribution in [1.29, 1.82) is 0 Å². The minimum atomic E-state index is 0.400. The third-order valence-electron chi connectivity index (χ3n) is 3.09. The van der Waals surface area contributed by atoms with Gasteiger partial charge < -0.3 is 14.6 Å². The van der Waals surface area contributed by atoms with Crippen molar-refractivity contribution >= 4 is 6.29 Å². The molecule has 0 radical (unpaired) electrons. The molecular formula is C12H21N3O2. The second kappa shape index (κ2) is 7.17. The Morgan fingerprint density at radius 3 is 2.71 bits per heavy atom. The molecule has 1 aromatic rings. The van der Waals surface area contributed by atoms with Crippen LogP contribution in [0.1, 0.15) is 32.5 Å². The summed E-state index contributed by atoms with van der Waals surface area (Å²) in [6.45, 7) is 5.12. The maximum Gasteiger partial charge on any atom is 0.213 e. The summed E-state index contributed by atoms with van der Waals surface area (Å²) in [5.74, 6) is 2.70. The number of hydrogen-bond donors (Lipinski definition) is 1. The summed E-state index contributed by atoms with van der Waals surface area (Å²) in [4.78, 5) is 13.9. The van der Waals surface area contributed by atoms with Gasteiger partial charge in [-0.2, -0.15) is 4.98 Å². The molecule has 1 aliphatic carbocycles. The standard InChI is InChI=1S/C8H14O.C4H7N3O/c1-6(2)8-3-7(4-8)5-9;1-5-2-4-6-3-8-7-4/h5-8H,3-4H2,1-2H3;3,5H,2H2,1H3. The van der Waals surface area contributed by atoms with Crippen molar-refractivity contribution < 1.29 is 9.32 Å². The number of hydrogen-bond acceptors (Lipinski definition) is 5. The Balaban J connectivity index is 0.000000171. The minimum absolute atomic E-state index is 0.400. The van der Waals surface area contributed by atoms with E-state index in [-0.39, 0.29) is 0 Å². The first-order valence-corrected chi connectivity index (χ1v) is 6.02. The lowest BCUT2D eigenvalue weighted by Gasteiger charge is -2.34. The molecule has 1 fully saturated rings. The van der Waals surface area contributed by atoms with E-state index in [0.29, 0.717) is 18.3 Å². The van der Waals surface area contributed by atoms with Gasteiger partial charge in [-0.05, 0) is 31.7 Å². The number of rotatable bonds is 4. The molecule has 0 atom stereocenters.